The standard InChI is InChI=1S/C13H11F3N4S/c1-6(17)9-5-11(21-20-9)12-18-8-3-2-7(13(14,15)16)4-10(8)19-12/h2-6H,17H2,1H3,(H,18,19)/t6-/m1/s1. The van der Waals surface area contributed by atoms with Crippen molar-refractivity contribution in [3.63, 3.8) is 0 Å². The van der Waals surface area contributed by atoms with Gasteiger partial charge in [0.15, 0.2) is 0 Å². The molecule has 0 amide bonds. The maximum Gasteiger partial charge on any atom is 0.416 e. The average molecular weight is 312 g/mol. The fourth-order valence-corrected chi connectivity index (χ4v) is 2.70. The molecule has 110 valence electrons. The lowest BCUT2D eigenvalue weighted by Crippen LogP contribution is -2.04. The third-order valence-corrected chi connectivity index (χ3v) is 3.85. The molecule has 3 rings (SSSR count). The molecular weight excluding hydrogens is 301 g/mol. The Morgan fingerprint density at radius 2 is 2.05 bits per heavy atom. The predicted octanol–water partition coefficient (Wildman–Crippen LogP) is 3.72. The second-order valence-electron chi connectivity index (χ2n) is 4.72. The number of H-pyrrole nitrogens is 1. The van der Waals surface area contributed by atoms with Gasteiger partial charge in [-0.25, -0.2) is 4.98 Å². The van der Waals surface area contributed by atoms with Crippen LogP contribution in [0.3, 0.4) is 0 Å². The van der Waals surface area contributed by atoms with E-state index in [-0.39, 0.29) is 6.04 Å². The van der Waals surface area contributed by atoms with Crippen LogP contribution in [-0.2, 0) is 6.18 Å². The number of rotatable bonds is 2. The molecule has 3 N–H and O–H groups in total. The van der Waals surface area contributed by atoms with Crippen LogP contribution < -0.4 is 5.73 Å². The van der Waals surface area contributed by atoms with E-state index in [2.05, 4.69) is 14.3 Å². The minimum atomic E-state index is -4.37. The zero-order valence-corrected chi connectivity index (χ0v) is 11.7. The van der Waals surface area contributed by atoms with Gasteiger partial charge in [-0.1, -0.05) is 0 Å². The topological polar surface area (TPSA) is 67.6 Å². The molecule has 1 atom stereocenters. The highest BCUT2D eigenvalue weighted by Crippen LogP contribution is 2.32. The molecule has 2 aromatic heterocycles. The molecule has 4 nitrogen and oxygen atoms in total. The van der Waals surface area contributed by atoms with Crippen molar-refractivity contribution >= 4 is 22.6 Å². The molecule has 3 aromatic rings. The molecule has 0 aliphatic carbocycles. The molecule has 0 spiro atoms. The highest BCUT2D eigenvalue weighted by molar-refractivity contribution is 7.09. The number of alkyl halides is 3. The number of nitrogens with one attached hydrogen (secondary N) is 1. The van der Waals surface area contributed by atoms with Crippen LogP contribution in [0.2, 0.25) is 0 Å². The zero-order valence-electron chi connectivity index (χ0n) is 10.9. The van der Waals surface area contributed by atoms with Gasteiger partial charge in [0.25, 0.3) is 0 Å². The van der Waals surface area contributed by atoms with Gasteiger partial charge in [0, 0.05) is 6.04 Å². The number of aromatic nitrogens is 3. The number of aromatic amines is 1. The van der Waals surface area contributed by atoms with Crippen molar-refractivity contribution in [1.82, 2.24) is 14.3 Å². The van der Waals surface area contributed by atoms with Crippen LogP contribution in [0.25, 0.3) is 21.7 Å². The first kappa shape index (κ1) is 14.0. The maximum absolute atomic E-state index is 12.7. The minimum absolute atomic E-state index is 0.198. The van der Waals surface area contributed by atoms with Crippen LogP contribution in [0.15, 0.2) is 24.3 Å². The van der Waals surface area contributed by atoms with E-state index in [1.807, 2.05) is 6.92 Å². The number of benzene rings is 1. The van der Waals surface area contributed by atoms with Crippen molar-refractivity contribution in [2.45, 2.75) is 19.1 Å². The largest absolute Gasteiger partial charge is 0.416 e. The molecule has 1 aromatic carbocycles. The molecule has 0 aliphatic rings. The smallest absolute Gasteiger partial charge is 0.337 e. The van der Waals surface area contributed by atoms with Crippen molar-refractivity contribution in [2.75, 3.05) is 0 Å². The summed E-state index contributed by atoms with van der Waals surface area (Å²) >= 11 is 1.21. The van der Waals surface area contributed by atoms with E-state index < -0.39 is 11.7 Å². The van der Waals surface area contributed by atoms with Gasteiger partial charge in [0.2, 0.25) is 0 Å². The molecule has 0 aliphatic heterocycles. The summed E-state index contributed by atoms with van der Waals surface area (Å²) < 4.78 is 42.2. The van der Waals surface area contributed by atoms with Crippen LogP contribution in [-0.4, -0.2) is 14.3 Å². The summed E-state index contributed by atoms with van der Waals surface area (Å²) in [5.41, 5.74) is 6.59. The Kier molecular flexibility index (Phi) is 3.22. The molecular formula is C13H11F3N4S. The van der Waals surface area contributed by atoms with Crippen LogP contribution in [0.4, 0.5) is 13.2 Å². The number of nitrogens with zero attached hydrogens (tertiary/aromatic N) is 2. The highest BCUT2D eigenvalue weighted by atomic mass is 32.1. The van der Waals surface area contributed by atoms with E-state index in [0.717, 1.165) is 22.7 Å². The van der Waals surface area contributed by atoms with Gasteiger partial charge < -0.3 is 10.7 Å². The lowest BCUT2D eigenvalue weighted by atomic mass is 10.2. The molecule has 0 saturated heterocycles. The Hall–Kier alpha value is -1.93. The lowest BCUT2D eigenvalue weighted by molar-refractivity contribution is -0.137. The SMILES string of the molecule is C[C@@H](N)c1cc(-c2nc3ccc(C(F)(F)F)cc3[nH]2)sn1. The van der Waals surface area contributed by atoms with E-state index in [9.17, 15) is 13.2 Å². The van der Waals surface area contributed by atoms with Gasteiger partial charge in [-0.3, -0.25) is 0 Å². The fraction of sp³-hybridized carbons (Fsp3) is 0.231. The van der Waals surface area contributed by atoms with Crippen molar-refractivity contribution < 1.29 is 13.2 Å². The minimum Gasteiger partial charge on any atom is -0.337 e. The number of imidazole rings is 1. The number of hydrogen-bond acceptors (Lipinski definition) is 4. The molecule has 21 heavy (non-hydrogen) atoms. The first-order chi connectivity index (χ1) is 9.84. The van der Waals surface area contributed by atoms with Gasteiger partial charge in [0.1, 0.15) is 5.82 Å². The fourth-order valence-electron chi connectivity index (χ4n) is 1.92. The Morgan fingerprint density at radius 1 is 1.29 bits per heavy atom. The number of hydrogen-bond donors (Lipinski definition) is 2. The summed E-state index contributed by atoms with van der Waals surface area (Å²) in [6.45, 7) is 1.81. The third kappa shape index (κ3) is 2.64. The third-order valence-electron chi connectivity index (χ3n) is 3.04. The zero-order chi connectivity index (χ0) is 15.2. The summed E-state index contributed by atoms with van der Waals surface area (Å²) in [7, 11) is 0. The Morgan fingerprint density at radius 3 is 2.67 bits per heavy atom. The van der Waals surface area contributed by atoms with Crippen LogP contribution in [0, 0.1) is 0 Å². The van der Waals surface area contributed by atoms with Crippen LogP contribution in [0.1, 0.15) is 24.2 Å². The second-order valence-corrected chi connectivity index (χ2v) is 5.52. The summed E-state index contributed by atoms with van der Waals surface area (Å²) in [6.07, 6.45) is -4.37. The normalized spacial score (nSPS) is 13.8. The van der Waals surface area contributed by atoms with Gasteiger partial charge in [-0.2, -0.15) is 17.5 Å². The number of halogens is 3. The maximum atomic E-state index is 12.7. The van der Waals surface area contributed by atoms with Gasteiger partial charge in [-0.05, 0) is 42.7 Å². The predicted molar refractivity (Wildman–Crippen MR) is 74.8 cm³/mol. The van der Waals surface area contributed by atoms with Crippen molar-refractivity contribution in [1.29, 1.82) is 0 Å². The number of fused-ring (bicyclic) bond motifs is 1. The molecule has 0 radical (unpaired) electrons. The molecule has 0 unspecified atom stereocenters. The molecule has 2 heterocycles. The van der Waals surface area contributed by atoms with E-state index in [1.165, 1.54) is 17.6 Å². The first-order valence-electron chi connectivity index (χ1n) is 6.14. The van der Waals surface area contributed by atoms with Crippen molar-refractivity contribution in [3.8, 4) is 10.7 Å². The Labute approximate surface area is 122 Å². The summed E-state index contributed by atoms with van der Waals surface area (Å²) in [5, 5.41) is 0. The Bertz CT molecular complexity index is 788. The van der Waals surface area contributed by atoms with Crippen molar-refractivity contribution in [3.05, 3.63) is 35.5 Å². The monoisotopic (exact) mass is 312 g/mol. The van der Waals surface area contributed by atoms with E-state index in [0.29, 0.717) is 16.9 Å². The van der Waals surface area contributed by atoms with E-state index >= 15 is 0 Å². The highest BCUT2D eigenvalue weighted by Gasteiger charge is 2.30. The van der Waals surface area contributed by atoms with Gasteiger partial charge in [-0.15, -0.1) is 0 Å². The summed E-state index contributed by atoms with van der Waals surface area (Å²) in [5.74, 6) is 0.494. The summed E-state index contributed by atoms with van der Waals surface area (Å²) in [4.78, 5) is 7.92. The van der Waals surface area contributed by atoms with Gasteiger partial charge >= 0.3 is 6.18 Å². The molecule has 8 heteroatoms. The Balaban J connectivity index is 2.04. The first-order valence-corrected chi connectivity index (χ1v) is 6.91. The van der Waals surface area contributed by atoms with Crippen LogP contribution >= 0.6 is 11.5 Å². The van der Waals surface area contributed by atoms with Crippen molar-refractivity contribution in [2.24, 2.45) is 5.73 Å². The molecule has 0 bridgehead atoms. The molecule has 0 saturated carbocycles. The van der Waals surface area contributed by atoms with E-state index in [4.69, 9.17) is 5.73 Å². The average Bonchev–Trinajstić information content (AvgIpc) is 3.03. The quantitative estimate of drug-likeness (QED) is 0.757. The lowest BCUT2D eigenvalue weighted by Gasteiger charge is -2.05. The molecule has 0 fully saturated rings. The number of nitrogens with two attached hydrogens (primary N) is 1. The summed E-state index contributed by atoms with van der Waals surface area (Å²) in [6, 6.07) is 5.02. The van der Waals surface area contributed by atoms with Crippen LogP contribution in [0.5, 0.6) is 0 Å². The second kappa shape index (κ2) is 4.81. The van der Waals surface area contributed by atoms with E-state index in [1.54, 1.807) is 6.07 Å². The van der Waals surface area contributed by atoms with Gasteiger partial charge in [0.05, 0.1) is 27.2 Å².